The molecule has 3 N–H and O–H groups in total. The van der Waals surface area contributed by atoms with Crippen LogP contribution in [0.5, 0.6) is 11.5 Å². The SMILES string of the molecule is COc1ccc(C(=O)NCC(=O)NC(C)(C)C)c(O)c1. The summed E-state index contributed by atoms with van der Waals surface area (Å²) in [7, 11) is 1.46. The summed E-state index contributed by atoms with van der Waals surface area (Å²) in [5.41, 5.74) is -0.265. The lowest BCUT2D eigenvalue weighted by Gasteiger charge is -2.20. The molecule has 0 radical (unpaired) electrons. The first-order chi connectivity index (χ1) is 9.23. The Kier molecular flexibility index (Phi) is 4.96. The zero-order valence-electron chi connectivity index (χ0n) is 12.1. The van der Waals surface area contributed by atoms with E-state index in [1.54, 1.807) is 6.07 Å². The number of hydrogen-bond acceptors (Lipinski definition) is 4. The van der Waals surface area contributed by atoms with Crippen LogP contribution in [0.3, 0.4) is 0 Å². The van der Waals surface area contributed by atoms with Crippen molar-refractivity contribution < 1.29 is 19.4 Å². The highest BCUT2D eigenvalue weighted by Gasteiger charge is 2.16. The Labute approximate surface area is 118 Å². The van der Waals surface area contributed by atoms with E-state index in [2.05, 4.69) is 10.6 Å². The maximum absolute atomic E-state index is 11.8. The maximum Gasteiger partial charge on any atom is 0.255 e. The molecule has 0 fully saturated rings. The number of hydrogen-bond donors (Lipinski definition) is 3. The zero-order valence-corrected chi connectivity index (χ0v) is 12.1. The fourth-order valence-corrected chi connectivity index (χ4v) is 1.55. The maximum atomic E-state index is 11.8. The molecule has 0 unspecified atom stereocenters. The normalized spacial score (nSPS) is 10.8. The number of carbonyl (C=O) groups is 2. The minimum absolute atomic E-state index is 0.0920. The van der Waals surface area contributed by atoms with Crippen LogP contribution in [0.2, 0.25) is 0 Å². The van der Waals surface area contributed by atoms with Crippen molar-refractivity contribution in [3.63, 3.8) is 0 Å². The largest absolute Gasteiger partial charge is 0.507 e. The molecular weight excluding hydrogens is 260 g/mol. The van der Waals surface area contributed by atoms with Gasteiger partial charge >= 0.3 is 0 Å². The molecule has 20 heavy (non-hydrogen) atoms. The molecule has 0 aliphatic rings. The molecule has 6 heteroatoms. The predicted octanol–water partition coefficient (Wildman–Crippen LogP) is 1.05. The summed E-state index contributed by atoms with van der Waals surface area (Å²) in [6.45, 7) is 5.40. The highest BCUT2D eigenvalue weighted by Crippen LogP contribution is 2.23. The first-order valence-corrected chi connectivity index (χ1v) is 6.19. The highest BCUT2D eigenvalue weighted by atomic mass is 16.5. The number of aromatic hydroxyl groups is 1. The fraction of sp³-hybridized carbons (Fsp3) is 0.429. The minimum atomic E-state index is -0.519. The van der Waals surface area contributed by atoms with Crippen LogP contribution in [-0.2, 0) is 4.79 Å². The van der Waals surface area contributed by atoms with E-state index in [1.807, 2.05) is 20.8 Å². The molecular formula is C14H20N2O4. The fourth-order valence-electron chi connectivity index (χ4n) is 1.55. The second-order valence-electron chi connectivity index (χ2n) is 5.36. The van der Waals surface area contributed by atoms with Gasteiger partial charge in [0.25, 0.3) is 5.91 Å². The van der Waals surface area contributed by atoms with Crippen LogP contribution in [0.1, 0.15) is 31.1 Å². The average molecular weight is 280 g/mol. The monoisotopic (exact) mass is 280 g/mol. The van der Waals surface area contributed by atoms with E-state index in [0.29, 0.717) is 5.75 Å². The van der Waals surface area contributed by atoms with E-state index in [1.165, 1.54) is 19.2 Å². The molecule has 0 aliphatic heterocycles. The Morgan fingerprint density at radius 1 is 1.30 bits per heavy atom. The minimum Gasteiger partial charge on any atom is -0.507 e. The smallest absolute Gasteiger partial charge is 0.255 e. The molecule has 0 saturated heterocycles. The van der Waals surface area contributed by atoms with E-state index in [-0.39, 0.29) is 29.3 Å². The standard InChI is InChI=1S/C14H20N2O4/c1-14(2,3)16-12(18)8-15-13(19)10-6-5-9(20-4)7-11(10)17/h5-7,17H,8H2,1-4H3,(H,15,19)(H,16,18). The second-order valence-corrected chi connectivity index (χ2v) is 5.36. The highest BCUT2D eigenvalue weighted by molar-refractivity contribution is 5.98. The van der Waals surface area contributed by atoms with Gasteiger partial charge in [0.2, 0.25) is 5.91 Å². The third-order valence-electron chi connectivity index (χ3n) is 2.37. The number of nitrogens with one attached hydrogen (secondary N) is 2. The van der Waals surface area contributed by atoms with Crippen LogP contribution >= 0.6 is 0 Å². The average Bonchev–Trinajstić information content (AvgIpc) is 2.33. The van der Waals surface area contributed by atoms with Gasteiger partial charge in [0, 0.05) is 11.6 Å². The van der Waals surface area contributed by atoms with Crippen LogP contribution in [0.4, 0.5) is 0 Å². The topological polar surface area (TPSA) is 87.7 Å². The van der Waals surface area contributed by atoms with Crippen LogP contribution in [0.25, 0.3) is 0 Å². The Morgan fingerprint density at radius 2 is 1.95 bits per heavy atom. The van der Waals surface area contributed by atoms with Gasteiger partial charge in [-0.1, -0.05) is 0 Å². The molecule has 110 valence electrons. The molecule has 1 aromatic rings. The number of carbonyl (C=O) groups excluding carboxylic acids is 2. The molecule has 1 aromatic carbocycles. The van der Waals surface area contributed by atoms with E-state index in [0.717, 1.165) is 0 Å². The number of benzene rings is 1. The van der Waals surface area contributed by atoms with E-state index < -0.39 is 5.91 Å². The number of amides is 2. The number of methoxy groups -OCH3 is 1. The van der Waals surface area contributed by atoms with Crippen molar-refractivity contribution in [2.45, 2.75) is 26.3 Å². The van der Waals surface area contributed by atoms with Gasteiger partial charge in [-0.2, -0.15) is 0 Å². The van der Waals surface area contributed by atoms with Crippen molar-refractivity contribution in [2.75, 3.05) is 13.7 Å². The summed E-state index contributed by atoms with van der Waals surface area (Å²) in [4.78, 5) is 23.4. The number of phenols is 1. The van der Waals surface area contributed by atoms with Gasteiger partial charge in [0.1, 0.15) is 11.5 Å². The summed E-state index contributed by atoms with van der Waals surface area (Å²) in [6, 6.07) is 4.33. The van der Waals surface area contributed by atoms with Gasteiger partial charge in [-0.15, -0.1) is 0 Å². The van der Waals surface area contributed by atoms with Gasteiger partial charge < -0.3 is 20.5 Å². The predicted molar refractivity (Wildman–Crippen MR) is 74.9 cm³/mol. The Morgan fingerprint density at radius 3 is 2.45 bits per heavy atom. The number of phenolic OH excluding ortho intramolecular Hbond substituents is 1. The molecule has 0 spiro atoms. The van der Waals surface area contributed by atoms with Crippen molar-refractivity contribution in [1.29, 1.82) is 0 Å². The Balaban J connectivity index is 2.61. The van der Waals surface area contributed by atoms with Crippen molar-refractivity contribution in [1.82, 2.24) is 10.6 Å². The Bertz CT molecular complexity index is 506. The molecule has 0 heterocycles. The summed E-state index contributed by atoms with van der Waals surface area (Å²) in [6.07, 6.45) is 0. The molecule has 1 rings (SSSR count). The van der Waals surface area contributed by atoms with Crippen molar-refractivity contribution in [3.8, 4) is 11.5 Å². The third-order valence-corrected chi connectivity index (χ3v) is 2.37. The van der Waals surface area contributed by atoms with Crippen LogP contribution < -0.4 is 15.4 Å². The van der Waals surface area contributed by atoms with Crippen LogP contribution in [0, 0.1) is 0 Å². The summed E-state index contributed by atoms with van der Waals surface area (Å²) in [5.74, 6) is -0.560. The molecule has 2 amide bonds. The molecule has 0 aliphatic carbocycles. The van der Waals surface area contributed by atoms with Crippen molar-refractivity contribution in [2.24, 2.45) is 0 Å². The summed E-state index contributed by atoms with van der Waals surface area (Å²) < 4.78 is 4.93. The molecule has 0 saturated carbocycles. The van der Waals surface area contributed by atoms with Gasteiger partial charge in [-0.25, -0.2) is 0 Å². The first-order valence-electron chi connectivity index (χ1n) is 6.19. The summed E-state index contributed by atoms with van der Waals surface area (Å²) >= 11 is 0. The van der Waals surface area contributed by atoms with E-state index in [9.17, 15) is 14.7 Å². The lowest BCUT2D eigenvalue weighted by Crippen LogP contribution is -2.45. The van der Waals surface area contributed by atoms with Crippen LogP contribution in [-0.4, -0.2) is 36.1 Å². The van der Waals surface area contributed by atoms with Crippen molar-refractivity contribution >= 4 is 11.8 Å². The lowest BCUT2D eigenvalue weighted by atomic mass is 10.1. The van der Waals surface area contributed by atoms with Gasteiger partial charge in [0.05, 0.1) is 19.2 Å². The number of ether oxygens (including phenoxy) is 1. The summed E-state index contributed by atoms with van der Waals surface area (Å²) in [5, 5.41) is 14.9. The van der Waals surface area contributed by atoms with Gasteiger partial charge in [-0.05, 0) is 32.9 Å². The van der Waals surface area contributed by atoms with E-state index in [4.69, 9.17) is 4.74 Å². The quantitative estimate of drug-likeness (QED) is 0.769. The molecule has 0 aromatic heterocycles. The first kappa shape index (κ1) is 15.8. The molecule has 0 bridgehead atoms. The molecule has 6 nitrogen and oxygen atoms in total. The van der Waals surface area contributed by atoms with E-state index >= 15 is 0 Å². The molecule has 0 atom stereocenters. The van der Waals surface area contributed by atoms with Crippen LogP contribution in [0.15, 0.2) is 18.2 Å². The second kappa shape index (κ2) is 6.27. The number of rotatable bonds is 4. The van der Waals surface area contributed by atoms with Gasteiger partial charge in [0.15, 0.2) is 0 Å². The zero-order chi connectivity index (χ0) is 15.3. The van der Waals surface area contributed by atoms with Crippen molar-refractivity contribution in [3.05, 3.63) is 23.8 Å². The lowest BCUT2D eigenvalue weighted by molar-refractivity contribution is -0.121. The Hall–Kier alpha value is -2.24. The third kappa shape index (κ3) is 4.79. The van der Waals surface area contributed by atoms with Gasteiger partial charge in [-0.3, -0.25) is 9.59 Å².